The minimum absolute atomic E-state index is 0.156. The van der Waals surface area contributed by atoms with Crippen LogP contribution < -0.4 is 10.6 Å². The summed E-state index contributed by atoms with van der Waals surface area (Å²) in [5.74, 6) is -0.315. The monoisotopic (exact) mass is 232 g/mol. The Morgan fingerprint density at radius 2 is 1.94 bits per heavy atom. The van der Waals surface area contributed by atoms with Gasteiger partial charge < -0.3 is 5.73 Å². The van der Waals surface area contributed by atoms with E-state index >= 15 is 0 Å². The van der Waals surface area contributed by atoms with E-state index in [0.29, 0.717) is 11.4 Å². The summed E-state index contributed by atoms with van der Waals surface area (Å²) in [5.41, 5.74) is 7.12. The number of hydrogen-bond donors (Lipinski definition) is 1. The third kappa shape index (κ3) is 1.79. The van der Waals surface area contributed by atoms with E-state index in [4.69, 9.17) is 5.73 Å². The van der Waals surface area contributed by atoms with E-state index in [2.05, 4.69) is 0 Å². The molecule has 2 N–H and O–H groups in total. The number of anilines is 2. The molecule has 0 bridgehead atoms. The molecule has 0 spiro atoms. The van der Waals surface area contributed by atoms with Gasteiger partial charge in [-0.2, -0.15) is 0 Å². The Morgan fingerprint density at radius 3 is 2.47 bits per heavy atom. The lowest BCUT2D eigenvalue weighted by Crippen LogP contribution is -2.33. The van der Waals surface area contributed by atoms with Crippen LogP contribution in [0.1, 0.15) is 25.8 Å². The molecule has 0 unspecified atom stereocenters. The lowest BCUT2D eigenvalue weighted by Gasteiger charge is -2.19. The standard InChI is InChI=1S/C13H16N2O2/c1-8-4-5-9(14)6-10(8)15-11(16)7-13(2,3)12(15)17/h4-6H,7,14H2,1-3H3. The van der Waals surface area contributed by atoms with Crippen molar-refractivity contribution in [3.8, 4) is 0 Å². The van der Waals surface area contributed by atoms with Gasteiger partial charge in [0.1, 0.15) is 0 Å². The van der Waals surface area contributed by atoms with Gasteiger partial charge in [-0.3, -0.25) is 9.59 Å². The van der Waals surface area contributed by atoms with Crippen LogP contribution in [0.25, 0.3) is 0 Å². The van der Waals surface area contributed by atoms with Crippen molar-refractivity contribution in [1.29, 1.82) is 0 Å². The molecule has 2 rings (SSSR count). The van der Waals surface area contributed by atoms with E-state index in [-0.39, 0.29) is 18.2 Å². The first-order valence-corrected chi connectivity index (χ1v) is 5.56. The van der Waals surface area contributed by atoms with E-state index in [1.165, 1.54) is 4.90 Å². The number of amides is 2. The van der Waals surface area contributed by atoms with Crippen LogP contribution in [0.3, 0.4) is 0 Å². The molecular weight excluding hydrogens is 216 g/mol. The highest BCUT2D eigenvalue weighted by molar-refractivity contribution is 6.22. The third-order valence-electron chi connectivity index (χ3n) is 3.10. The van der Waals surface area contributed by atoms with E-state index in [1.54, 1.807) is 26.0 Å². The molecule has 2 amide bonds. The van der Waals surface area contributed by atoms with Gasteiger partial charge in [0, 0.05) is 12.1 Å². The van der Waals surface area contributed by atoms with Gasteiger partial charge in [0.25, 0.3) is 0 Å². The Kier molecular flexibility index (Phi) is 2.45. The fraction of sp³-hybridized carbons (Fsp3) is 0.385. The Morgan fingerprint density at radius 1 is 1.29 bits per heavy atom. The summed E-state index contributed by atoms with van der Waals surface area (Å²) in [7, 11) is 0. The summed E-state index contributed by atoms with van der Waals surface area (Å²) < 4.78 is 0. The number of aryl methyl sites for hydroxylation is 1. The average Bonchev–Trinajstić information content (AvgIpc) is 2.41. The van der Waals surface area contributed by atoms with Crippen molar-refractivity contribution in [2.45, 2.75) is 27.2 Å². The smallest absolute Gasteiger partial charge is 0.239 e. The summed E-state index contributed by atoms with van der Waals surface area (Å²) in [6.45, 7) is 5.43. The van der Waals surface area contributed by atoms with Crippen LogP contribution in [0.15, 0.2) is 18.2 Å². The molecule has 0 radical (unpaired) electrons. The van der Waals surface area contributed by atoms with Crippen molar-refractivity contribution >= 4 is 23.2 Å². The fourth-order valence-electron chi connectivity index (χ4n) is 2.06. The maximum atomic E-state index is 12.2. The molecule has 0 saturated carbocycles. The molecule has 1 heterocycles. The van der Waals surface area contributed by atoms with Gasteiger partial charge >= 0.3 is 0 Å². The van der Waals surface area contributed by atoms with Crippen LogP contribution in [0.5, 0.6) is 0 Å². The minimum Gasteiger partial charge on any atom is -0.399 e. The molecule has 4 nitrogen and oxygen atoms in total. The number of carbonyl (C=O) groups excluding carboxylic acids is 2. The van der Waals surface area contributed by atoms with Crippen LogP contribution in [-0.4, -0.2) is 11.8 Å². The summed E-state index contributed by atoms with van der Waals surface area (Å²) in [5, 5.41) is 0. The van der Waals surface area contributed by atoms with Crippen LogP contribution in [0.4, 0.5) is 11.4 Å². The Hall–Kier alpha value is -1.84. The summed E-state index contributed by atoms with van der Waals surface area (Å²) in [6, 6.07) is 5.25. The predicted octanol–water partition coefficient (Wildman–Crippen LogP) is 1.87. The predicted molar refractivity (Wildman–Crippen MR) is 66.5 cm³/mol. The van der Waals surface area contributed by atoms with E-state index in [9.17, 15) is 9.59 Å². The highest BCUT2D eigenvalue weighted by Gasteiger charge is 2.45. The normalized spacial score (nSPS) is 18.9. The first-order valence-electron chi connectivity index (χ1n) is 5.56. The molecule has 1 fully saturated rings. The topological polar surface area (TPSA) is 63.4 Å². The molecule has 1 aliphatic rings. The third-order valence-corrected chi connectivity index (χ3v) is 3.10. The largest absolute Gasteiger partial charge is 0.399 e. The molecule has 0 atom stereocenters. The number of rotatable bonds is 1. The van der Waals surface area contributed by atoms with Gasteiger partial charge in [0.05, 0.1) is 11.1 Å². The highest BCUT2D eigenvalue weighted by atomic mass is 16.2. The van der Waals surface area contributed by atoms with E-state index < -0.39 is 5.41 Å². The second-order valence-electron chi connectivity index (χ2n) is 5.14. The van der Waals surface area contributed by atoms with Crippen molar-refractivity contribution in [1.82, 2.24) is 0 Å². The molecule has 17 heavy (non-hydrogen) atoms. The SMILES string of the molecule is Cc1ccc(N)cc1N1C(=O)CC(C)(C)C1=O. The first-order chi connectivity index (χ1) is 7.83. The van der Waals surface area contributed by atoms with Gasteiger partial charge in [0.2, 0.25) is 11.8 Å². The molecule has 4 heteroatoms. The van der Waals surface area contributed by atoms with Gasteiger partial charge in [-0.05, 0) is 24.6 Å². The zero-order valence-corrected chi connectivity index (χ0v) is 10.3. The number of carbonyl (C=O) groups is 2. The second kappa shape index (κ2) is 3.58. The lowest BCUT2D eigenvalue weighted by molar-refractivity contribution is -0.124. The number of imide groups is 1. The molecule has 90 valence electrons. The fourth-order valence-corrected chi connectivity index (χ4v) is 2.06. The molecule has 0 aromatic heterocycles. The Bertz CT molecular complexity index is 506. The molecule has 0 aliphatic carbocycles. The zero-order chi connectivity index (χ0) is 12.8. The Balaban J connectivity index is 2.51. The summed E-state index contributed by atoms with van der Waals surface area (Å²) in [6.07, 6.45) is 0.250. The maximum absolute atomic E-state index is 12.2. The van der Waals surface area contributed by atoms with Crippen molar-refractivity contribution in [2.75, 3.05) is 10.6 Å². The van der Waals surface area contributed by atoms with E-state index in [0.717, 1.165) is 5.56 Å². The molecule has 1 saturated heterocycles. The molecule has 1 aliphatic heterocycles. The zero-order valence-electron chi connectivity index (χ0n) is 10.3. The Labute approximate surface area is 100 Å². The van der Waals surface area contributed by atoms with E-state index in [1.807, 2.05) is 13.0 Å². The molecule has 1 aromatic carbocycles. The quantitative estimate of drug-likeness (QED) is 0.594. The van der Waals surface area contributed by atoms with Crippen LogP contribution >= 0.6 is 0 Å². The van der Waals surface area contributed by atoms with Gasteiger partial charge in [-0.1, -0.05) is 19.9 Å². The highest BCUT2D eigenvalue weighted by Crippen LogP contribution is 2.36. The number of benzene rings is 1. The second-order valence-corrected chi connectivity index (χ2v) is 5.14. The number of nitrogens with zero attached hydrogens (tertiary/aromatic N) is 1. The van der Waals surface area contributed by atoms with Crippen molar-refractivity contribution in [3.05, 3.63) is 23.8 Å². The number of hydrogen-bond acceptors (Lipinski definition) is 3. The van der Waals surface area contributed by atoms with Crippen molar-refractivity contribution < 1.29 is 9.59 Å². The van der Waals surface area contributed by atoms with Crippen LogP contribution in [-0.2, 0) is 9.59 Å². The van der Waals surface area contributed by atoms with Gasteiger partial charge in [-0.15, -0.1) is 0 Å². The molecule has 1 aromatic rings. The van der Waals surface area contributed by atoms with Crippen molar-refractivity contribution in [3.63, 3.8) is 0 Å². The summed E-state index contributed by atoms with van der Waals surface area (Å²) in [4.78, 5) is 25.3. The number of nitrogen functional groups attached to an aromatic ring is 1. The van der Waals surface area contributed by atoms with Gasteiger partial charge in [-0.25, -0.2) is 4.90 Å². The van der Waals surface area contributed by atoms with Gasteiger partial charge in [0.15, 0.2) is 0 Å². The van der Waals surface area contributed by atoms with Crippen LogP contribution in [0, 0.1) is 12.3 Å². The average molecular weight is 232 g/mol. The van der Waals surface area contributed by atoms with Crippen molar-refractivity contribution in [2.24, 2.45) is 5.41 Å². The maximum Gasteiger partial charge on any atom is 0.239 e. The number of nitrogens with two attached hydrogens (primary N) is 1. The van der Waals surface area contributed by atoms with Crippen LogP contribution in [0.2, 0.25) is 0 Å². The summed E-state index contributed by atoms with van der Waals surface area (Å²) >= 11 is 0. The minimum atomic E-state index is -0.617. The first kappa shape index (κ1) is 11.6. The lowest BCUT2D eigenvalue weighted by atomic mass is 9.92. The molecular formula is C13H16N2O2.